The first-order chi connectivity index (χ1) is 3.77. The molecule has 0 N–H and O–H groups in total. The Morgan fingerprint density at radius 2 is 2.00 bits per heavy atom. The van der Waals surface area contributed by atoms with E-state index in [1.54, 1.807) is 0 Å². The fraction of sp³-hybridized carbons (Fsp3) is 0.250. The second-order valence-electron chi connectivity index (χ2n) is 0.909. The first-order valence-electron chi connectivity index (χ1n) is 1.74. The second-order valence-corrected chi connectivity index (χ2v) is 0.909. The van der Waals surface area contributed by atoms with E-state index >= 15 is 0 Å². The molecule has 0 aliphatic rings. The Labute approximate surface area is 56.7 Å². The summed E-state index contributed by atoms with van der Waals surface area (Å²) in [4.78, 5) is 19.1. The monoisotopic (exact) mass is 152 g/mol. The van der Waals surface area contributed by atoms with Crippen LogP contribution < -0.4 is 0 Å². The van der Waals surface area contributed by atoms with E-state index in [9.17, 15) is 9.59 Å². The fourth-order valence-electron chi connectivity index (χ4n) is 0.0929. The van der Waals surface area contributed by atoms with Crippen LogP contribution in [0.3, 0.4) is 0 Å². The third-order valence-electron chi connectivity index (χ3n) is 0.311. The standard InChI is InChI=1S/C4H5O2.O.V/c1-4(6)2-3-5;;/h3H,1-2H2;;/q-1;;. The molecule has 4 heteroatoms. The molecule has 0 amide bonds. The van der Waals surface area contributed by atoms with E-state index in [1.165, 1.54) is 0 Å². The maximum absolute atomic E-state index is 9.70. The van der Waals surface area contributed by atoms with E-state index in [-0.39, 0.29) is 12.2 Å². The van der Waals surface area contributed by atoms with Gasteiger partial charge in [-0.25, -0.2) is 0 Å². The van der Waals surface area contributed by atoms with Crippen LogP contribution in [-0.2, 0) is 30.6 Å². The minimum absolute atomic E-state index is 0.0556. The van der Waals surface area contributed by atoms with Gasteiger partial charge in [-0.3, -0.25) is 0 Å². The first-order valence-corrected chi connectivity index (χ1v) is 2.31. The van der Waals surface area contributed by atoms with Crippen molar-refractivity contribution in [3.8, 4) is 0 Å². The number of rotatable bonds is 2. The number of aldehydes is 1. The molecule has 0 atom stereocenters. The Hall–Kier alpha value is -0.406. The van der Waals surface area contributed by atoms with Gasteiger partial charge in [0.15, 0.2) is 0 Å². The van der Waals surface area contributed by atoms with Gasteiger partial charge in [0.25, 0.3) is 0 Å². The van der Waals surface area contributed by atoms with Gasteiger partial charge in [-0.2, -0.15) is 0 Å². The van der Waals surface area contributed by atoms with Gasteiger partial charge in [-0.1, -0.05) is 0 Å². The van der Waals surface area contributed by atoms with Crippen LogP contribution in [0.2, 0.25) is 0 Å². The number of Topliss-reactive ketones (excluding diaryl/α,β-unsaturated/α-hetero) is 1. The average molecular weight is 152 g/mol. The first kappa shape index (κ1) is 10.6. The van der Waals surface area contributed by atoms with Gasteiger partial charge in [-0.15, -0.1) is 0 Å². The quantitative estimate of drug-likeness (QED) is 0.314. The molecule has 0 aliphatic carbocycles. The van der Waals surface area contributed by atoms with Crippen molar-refractivity contribution in [1.29, 1.82) is 0 Å². The third-order valence-corrected chi connectivity index (χ3v) is 0.311. The zero-order chi connectivity index (χ0) is 6.99. The van der Waals surface area contributed by atoms with Crippen molar-refractivity contribution >= 4 is 12.1 Å². The van der Waals surface area contributed by atoms with E-state index in [4.69, 9.17) is 3.67 Å². The Kier molecular flexibility index (Phi) is 12.9. The summed E-state index contributed by atoms with van der Waals surface area (Å²) in [5, 5.41) is 0. The van der Waals surface area contributed by atoms with E-state index in [1.807, 2.05) is 0 Å². The van der Waals surface area contributed by atoms with E-state index < -0.39 is 0 Å². The summed E-state index contributed by atoms with van der Waals surface area (Å²) in [6.07, 6.45) is 0.481. The Morgan fingerprint density at radius 1 is 1.62 bits per heavy atom. The number of carbonyl (C=O) groups excluding carboxylic acids is 2. The molecule has 0 heterocycles. The molecule has 3 nitrogen and oxygen atoms in total. The fourth-order valence-corrected chi connectivity index (χ4v) is 0.0929. The molecule has 0 radical (unpaired) electrons. The summed E-state index contributed by atoms with van der Waals surface area (Å²) in [5.74, 6) is -0.329. The van der Waals surface area contributed by atoms with Crippen molar-refractivity contribution < 1.29 is 30.6 Å². The van der Waals surface area contributed by atoms with E-state index in [2.05, 4.69) is 6.92 Å². The number of carbonyl (C=O) groups is 2. The Balaban J connectivity index is 0. The van der Waals surface area contributed by atoms with Crippen molar-refractivity contribution in [2.24, 2.45) is 0 Å². The summed E-state index contributed by atoms with van der Waals surface area (Å²) in [6, 6.07) is 0. The third kappa shape index (κ3) is 17.5. The van der Waals surface area contributed by atoms with E-state index in [0.29, 0.717) is 6.29 Å². The minimum atomic E-state index is -0.329. The molecule has 0 unspecified atom stereocenters. The SMILES string of the molecule is [CH2-]C(=O)CC=O.[O]=[V]. The molecule has 0 aromatic rings. The molecule has 0 aromatic carbocycles. The van der Waals surface area contributed by atoms with Crippen LogP contribution >= 0.6 is 0 Å². The molecular weight excluding hydrogens is 147 g/mol. The Bertz CT molecular complexity index is 81.4. The molecule has 0 saturated heterocycles. The molecule has 0 aromatic heterocycles. The number of hydrogen-bond acceptors (Lipinski definition) is 3. The van der Waals surface area contributed by atoms with Gasteiger partial charge in [0, 0.05) is 12.2 Å². The molecule has 0 spiro atoms. The van der Waals surface area contributed by atoms with Crippen LogP contribution in [-0.4, -0.2) is 12.1 Å². The summed E-state index contributed by atoms with van der Waals surface area (Å²) in [7, 11) is 0. The molecule has 0 bridgehead atoms. The average Bonchev–Trinajstić information content (AvgIpc) is 1.72. The van der Waals surface area contributed by atoms with Crippen molar-refractivity contribution in [1.82, 2.24) is 0 Å². The summed E-state index contributed by atoms with van der Waals surface area (Å²) in [6.45, 7) is 2.96. The maximum atomic E-state index is 9.70. The van der Waals surface area contributed by atoms with Crippen molar-refractivity contribution in [2.75, 3.05) is 0 Å². The van der Waals surface area contributed by atoms with Crippen molar-refractivity contribution in [3.05, 3.63) is 6.92 Å². The van der Waals surface area contributed by atoms with Gasteiger partial charge in [0.05, 0.1) is 0 Å². The van der Waals surface area contributed by atoms with Crippen LogP contribution in [0.1, 0.15) is 6.42 Å². The summed E-state index contributed by atoms with van der Waals surface area (Å²) >= 11 is 1.06. The molecular formula is C4H5O3V-. The summed E-state index contributed by atoms with van der Waals surface area (Å²) < 4.78 is 8.19. The van der Waals surface area contributed by atoms with Gasteiger partial charge in [0.2, 0.25) is 0 Å². The van der Waals surface area contributed by atoms with Gasteiger partial charge >= 0.3 is 21.0 Å². The van der Waals surface area contributed by atoms with Crippen LogP contribution in [0.5, 0.6) is 0 Å². The molecule has 0 rings (SSSR count). The topological polar surface area (TPSA) is 51.2 Å². The number of ketones is 1. The summed E-state index contributed by atoms with van der Waals surface area (Å²) in [5.41, 5.74) is 0. The zero-order valence-corrected chi connectivity index (χ0v) is 5.56. The second kappa shape index (κ2) is 9.78. The molecule has 8 heavy (non-hydrogen) atoms. The van der Waals surface area contributed by atoms with Gasteiger partial charge in [0.1, 0.15) is 6.29 Å². The van der Waals surface area contributed by atoms with Crippen LogP contribution in [0.4, 0.5) is 0 Å². The molecule has 0 aliphatic heterocycles. The van der Waals surface area contributed by atoms with Crippen molar-refractivity contribution in [3.63, 3.8) is 0 Å². The Morgan fingerprint density at radius 3 is 2.00 bits per heavy atom. The van der Waals surface area contributed by atoms with Gasteiger partial charge < -0.3 is 16.5 Å². The van der Waals surface area contributed by atoms with Crippen molar-refractivity contribution in [2.45, 2.75) is 6.42 Å². The van der Waals surface area contributed by atoms with Crippen LogP contribution in [0.25, 0.3) is 0 Å². The van der Waals surface area contributed by atoms with Crippen LogP contribution in [0.15, 0.2) is 0 Å². The molecule has 0 fully saturated rings. The predicted molar refractivity (Wildman–Crippen MR) is 21.7 cm³/mol. The predicted octanol–water partition coefficient (Wildman–Crippen LogP) is -0.143. The molecule has 0 saturated carbocycles. The van der Waals surface area contributed by atoms with Gasteiger partial charge in [-0.05, 0) is 0 Å². The zero-order valence-electron chi connectivity index (χ0n) is 4.16. The number of hydrogen-bond donors (Lipinski definition) is 0. The molecule has 45 valence electrons. The van der Waals surface area contributed by atoms with E-state index in [0.717, 1.165) is 17.4 Å². The van der Waals surface area contributed by atoms with Crippen LogP contribution in [0, 0.1) is 6.92 Å². The normalized spacial score (nSPS) is 5.88.